The number of benzene rings is 1. The molecule has 1 N–H and O–H groups in total. The molecule has 0 saturated heterocycles. The Morgan fingerprint density at radius 1 is 1.18 bits per heavy atom. The predicted molar refractivity (Wildman–Crippen MR) is 64.3 cm³/mol. The molecule has 1 aromatic carbocycles. The van der Waals surface area contributed by atoms with Crippen molar-refractivity contribution in [1.29, 1.82) is 0 Å². The normalized spacial score (nSPS) is 10.9. The van der Waals surface area contributed by atoms with Gasteiger partial charge in [0, 0.05) is 5.69 Å². The number of rotatable bonds is 1. The molecule has 0 atom stereocenters. The Morgan fingerprint density at radius 3 is 2.71 bits per heavy atom. The number of halogens is 2. The summed E-state index contributed by atoms with van der Waals surface area (Å²) in [4.78, 5) is 11.4. The first-order chi connectivity index (χ1) is 8.22. The van der Waals surface area contributed by atoms with Gasteiger partial charge in [0.1, 0.15) is 16.5 Å². The van der Waals surface area contributed by atoms with E-state index in [-0.39, 0.29) is 5.82 Å². The molecule has 0 aliphatic heterocycles. The van der Waals surface area contributed by atoms with Crippen molar-refractivity contribution >= 4 is 22.8 Å². The Balaban J connectivity index is 2.14. The number of H-pyrrole nitrogens is 1. The van der Waals surface area contributed by atoms with E-state index in [0.717, 1.165) is 11.3 Å². The molecule has 3 rings (SSSR count). The van der Waals surface area contributed by atoms with E-state index in [4.69, 9.17) is 11.6 Å². The molecule has 2 heterocycles. The fraction of sp³-hybridized carbons (Fsp3) is 0. The van der Waals surface area contributed by atoms with Gasteiger partial charge in [-0.25, -0.2) is 14.4 Å². The first-order valence-electron chi connectivity index (χ1n) is 4.99. The van der Waals surface area contributed by atoms with Gasteiger partial charge < -0.3 is 4.98 Å². The van der Waals surface area contributed by atoms with Crippen molar-refractivity contribution in [3.05, 3.63) is 47.5 Å². The van der Waals surface area contributed by atoms with Crippen LogP contribution in [0.25, 0.3) is 22.4 Å². The predicted octanol–water partition coefficient (Wildman–Crippen LogP) is 3.42. The van der Waals surface area contributed by atoms with Crippen molar-refractivity contribution in [1.82, 2.24) is 15.0 Å². The number of fused-ring (bicyclic) bond motifs is 1. The third kappa shape index (κ3) is 1.87. The molecule has 0 bridgehead atoms. The van der Waals surface area contributed by atoms with Crippen molar-refractivity contribution in [3.63, 3.8) is 0 Å². The Morgan fingerprint density at radius 2 is 1.94 bits per heavy atom. The van der Waals surface area contributed by atoms with Crippen molar-refractivity contribution in [2.45, 2.75) is 0 Å². The highest BCUT2D eigenvalue weighted by Crippen LogP contribution is 2.22. The zero-order valence-electron chi connectivity index (χ0n) is 8.61. The van der Waals surface area contributed by atoms with Crippen LogP contribution in [0.3, 0.4) is 0 Å². The van der Waals surface area contributed by atoms with E-state index in [9.17, 15) is 4.39 Å². The summed E-state index contributed by atoms with van der Waals surface area (Å²) in [6.07, 6.45) is 1.48. The summed E-state index contributed by atoms with van der Waals surface area (Å²) >= 11 is 5.76. The number of nitrogens with one attached hydrogen (secondary N) is 1. The van der Waals surface area contributed by atoms with Crippen LogP contribution in [0.5, 0.6) is 0 Å². The maximum absolute atomic E-state index is 12.8. The molecule has 0 saturated carbocycles. The molecule has 0 unspecified atom stereocenters. The van der Waals surface area contributed by atoms with Crippen LogP contribution in [0.4, 0.5) is 4.39 Å². The minimum Gasteiger partial charge on any atom is -0.338 e. The van der Waals surface area contributed by atoms with Gasteiger partial charge in [-0.05, 0) is 35.9 Å². The third-order valence-corrected chi connectivity index (χ3v) is 2.64. The number of hydrogen-bond donors (Lipinski definition) is 1. The number of aromatic nitrogens is 3. The molecule has 3 nitrogen and oxygen atoms in total. The number of hydrogen-bond acceptors (Lipinski definition) is 2. The van der Waals surface area contributed by atoms with Gasteiger partial charge in [-0.2, -0.15) is 0 Å². The Labute approximate surface area is 101 Å². The fourth-order valence-corrected chi connectivity index (χ4v) is 1.80. The smallest absolute Gasteiger partial charge is 0.156 e. The van der Waals surface area contributed by atoms with E-state index in [1.165, 1.54) is 18.3 Å². The monoisotopic (exact) mass is 247 g/mol. The maximum Gasteiger partial charge on any atom is 0.156 e. The maximum atomic E-state index is 12.8. The number of aromatic amines is 1. The van der Waals surface area contributed by atoms with E-state index in [0.29, 0.717) is 16.3 Å². The summed E-state index contributed by atoms with van der Waals surface area (Å²) in [5.41, 5.74) is 3.06. The van der Waals surface area contributed by atoms with Gasteiger partial charge in [0.05, 0.1) is 6.20 Å². The van der Waals surface area contributed by atoms with Gasteiger partial charge in [0.25, 0.3) is 0 Å². The summed E-state index contributed by atoms with van der Waals surface area (Å²) < 4.78 is 12.8. The lowest BCUT2D eigenvalue weighted by atomic mass is 10.1. The summed E-state index contributed by atoms with van der Waals surface area (Å²) in [5.74, 6) is -0.260. The lowest BCUT2D eigenvalue weighted by Gasteiger charge is -1.96. The molecule has 2 aromatic heterocycles. The first-order valence-corrected chi connectivity index (χ1v) is 5.37. The lowest BCUT2D eigenvalue weighted by molar-refractivity contribution is 0.628. The standard InChI is InChI=1S/C12H7ClFN3/c13-11-6-15-12-10(16-11)5-9(17-12)7-1-3-8(14)4-2-7/h1-6H,(H,15,17). The Hall–Kier alpha value is -1.94. The highest BCUT2D eigenvalue weighted by atomic mass is 35.5. The van der Waals surface area contributed by atoms with Gasteiger partial charge in [0.15, 0.2) is 5.65 Å². The molecule has 3 aromatic rings. The van der Waals surface area contributed by atoms with Crippen LogP contribution in [-0.2, 0) is 0 Å². The summed E-state index contributed by atoms with van der Waals surface area (Å²) in [5, 5.41) is 0.349. The van der Waals surface area contributed by atoms with Crippen molar-refractivity contribution in [2.24, 2.45) is 0 Å². The van der Waals surface area contributed by atoms with Crippen LogP contribution in [0, 0.1) is 5.82 Å². The van der Waals surface area contributed by atoms with Crippen molar-refractivity contribution in [3.8, 4) is 11.3 Å². The largest absolute Gasteiger partial charge is 0.338 e. The van der Waals surface area contributed by atoms with Crippen LogP contribution >= 0.6 is 11.6 Å². The van der Waals surface area contributed by atoms with E-state index >= 15 is 0 Å². The van der Waals surface area contributed by atoms with Crippen molar-refractivity contribution in [2.75, 3.05) is 0 Å². The topological polar surface area (TPSA) is 41.6 Å². The van der Waals surface area contributed by atoms with E-state index in [1.54, 1.807) is 12.1 Å². The molecule has 5 heteroatoms. The average Bonchev–Trinajstić information content (AvgIpc) is 2.72. The molecular formula is C12H7ClFN3. The molecule has 17 heavy (non-hydrogen) atoms. The molecule has 0 spiro atoms. The summed E-state index contributed by atoms with van der Waals surface area (Å²) in [7, 11) is 0. The van der Waals surface area contributed by atoms with Crippen LogP contribution in [0.1, 0.15) is 0 Å². The zero-order chi connectivity index (χ0) is 11.8. The molecule has 0 radical (unpaired) electrons. The highest BCUT2D eigenvalue weighted by molar-refractivity contribution is 6.29. The van der Waals surface area contributed by atoms with Crippen LogP contribution < -0.4 is 0 Å². The minimum absolute atomic E-state index is 0.260. The SMILES string of the molecule is Fc1ccc(-c2cc3nc(Cl)cnc3[nH]2)cc1. The first kappa shape index (κ1) is 10.2. The molecule has 0 aliphatic rings. The van der Waals surface area contributed by atoms with E-state index in [1.807, 2.05) is 6.07 Å². The second-order valence-electron chi connectivity index (χ2n) is 3.62. The second kappa shape index (κ2) is 3.82. The highest BCUT2D eigenvalue weighted by Gasteiger charge is 2.05. The van der Waals surface area contributed by atoms with Crippen LogP contribution in [0.15, 0.2) is 36.5 Å². The summed E-state index contributed by atoms with van der Waals surface area (Å²) in [6, 6.07) is 8.05. The molecule has 84 valence electrons. The Bertz CT molecular complexity index is 676. The fourth-order valence-electron chi connectivity index (χ4n) is 1.66. The third-order valence-electron chi connectivity index (χ3n) is 2.46. The quantitative estimate of drug-likeness (QED) is 0.716. The van der Waals surface area contributed by atoms with Gasteiger partial charge in [-0.1, -0.05) is 11.6 Å². The van der Waals surface area contributed by atoms with Crippen LogP contribution in [0.2, 0.25) is 5.15 Å². The minimum atomic E-state index is -0.260. The van der Waals surface area contributed by atoms with Gasteiger partial charge in [-0.15, -0.1) is 0 Å². The Kier molecular flexibility index (Phi) is 2.30. The summed E-state index contributed by atoms with van der Waals surface area (Å²) in [6.45, 7) is 0. The van der Waals surface area contributed by atoms with Crippen LogP contribution in [-0.4, -0.2) is 15.0 Å². The second-order valence-corrected chi connectivity index (χ2v) is 4.00. The molecule has 0 fully saturated rings. The van der Waals surface area contributed by atoms with E-state index in [2.05, 4.69) is 15.0 Å². The molecule has 0 aliphatic carbocycles. The van der Waals surface area contributed by atoms with Gasteiger partial charge in [0.2, 0.25) is 0 Å². The molecular weight excluding hydrogens is 241 g/mol. The van der Waals surface area contributed by atoms with E-state index < -0.39 is 0 Å². The average molecular weight is 248 g/mol. The molecule has 0 amide bonds. The number of nitrogens with zero attached hydrogens (tertiary/aromatic N) is 2. The van der Waals surface area contributed by atoms with Gasteiger partial charge >= 0.3 is 0 Å². The van der Waals surface area contributed by atoms with Crippen molar-refractivity contribution < 1.29 is 4.39 Å². The van der Waals surface area contributed by atoms with Gasteiger partial charge in [-0.3, -0.25) is 0 Å². The lowest BCUT2D eigenvalue weighted by Crippen LogP contribution is -1.80. The zero-order valence-corrected chi connectivity index (χ0v) is 9.37.